The van der Waals surface area contributed by atoms with Crippen LogP contribution in [-0.2, 0) is 16.0 Å². The number of halogens is 3. The zero-order chi connectivity index (χ0) is 15.0. The van der Waals surface area contributed by atoms with Crippen molar-refractivity contribution in [1.29, 1.82) is 0 Å². The number of nitrogens with zero attached hydrogens (tertiary/aromatic N) is 1. The summed E-state index contributed by atoms with van der Waals surface area (Å²) in [5, 5.41) is -0.299. The van der Waals surface area contributed by atoms with E-state index in [0.717, 1.165) is 18.3 Å². The van der Waals surface area contributed by atoms with Crippen molar-refractivity contribution >= 4 is 14.9 Å². The first-order valence-electron chi connectivity index (χ1n) is 5.50. The number of aliphatic imine (C=N–C) groups is 1. The Morgan fingerprint density at radius 3 is 2.45 bits per heavy atom. The molecule has 0 N–H and O–H groups in total. The highest BCUT2D eigenvalue weighted by molar-refractivity contribution is 8.10. The molecule has 20 heavy (non-hydrogen) atoms. The Morgan fingerprint density at radius 1 is 1.25 bits per heavy atom. The summed E-state index contributed by atoms with van der Waals surface area (Å²) in [6, 6.07) is 4.60. The minimum absolute atomic E-state index is 0.0419. The second-order valence-corrected chi connectivity index (χ2v) is 6.17. The molecule has 0 unspecified atom stereocenters. The molecule has 108 valence electrons. The maximum Gasteiger partial charge on any atom is 0.419 e. The highest BCUT2D eigenvalue weighted by Crippen LogP contribution is 2.36. The van der Waals surface area contributed by atoms with E-state index in [-0.39, 0.29) is 9.95 Å². The molecule has 1 aromatic carbocycles. The highest BCUT2D eigenvalue weighted by atomic mass is 32.2. The molecule has 1 heterocycles. The summed E-state index contributed by atoms with van der Waals surface area (Å²) >= 11 is 0. The first kappa shape index (κ1) is 14.6. The van der Waals surface area contributed by atoms with E-state index in [4.69, 9.17) is 4.74 Å². The zero-order valence-electron chi connectivity index (χ0n) is 10.3. The van der Waals surface area contributed by atoms with Gasteiger partial charge in [0.2, 0.25) is 9.84 Å². The van der Waals surface area contributed by atoms with Gasteiger partial charge in [-0.3, -0.25) is 0 Å². The molecule has 0 saturated carbocycles. The van der Waals surface area contributed by atoms with E-state index in [2.05, 4.69) is 4.99 Å². The van der Waals surface area contributed by atoms with E-state index in [9.17, 15) is 21.6 Å². The van der Waals surface area contributed by atoms with Gasteiger partial charge < -0.3 is 4.74 Å². The van der Waals surface area contributed by atoms with Crippen LogP contribution in [0.3, 0.4) is 0 Å². The topological polar surface area (TPSA) is 55.7 Å². The van der Waals surface area contributed by atoms with Gasteiger partial charge in [0.1, 0.15) is 12.4 Å². The number of para-hydroxylation sites is 1. The molecule has 8 heteroatoms. The smallest absolute Gasteiger partial charge is 0.419 e. The standard InChI is InChI=1S/C12H10F3NO3S/c1-8-6-16-11(20(8,17)18)7-19-10-5-3-2-4-9(10)12(13,14)15/h2-6H,7H2,1H3. The van der Waals surface area contributed by atoms with Gasteiger partial charge in [0.25, 0.3) is 0 Å². The predicted molar refractivity (Wildman–Crippen MR) is 67.1 cm³/mol. The van der Waals surface area contributed by atoms with E-state index < -0.39 is 33.9 Å². The van der Waals surface area contributed by atoms with E-state index in [1.807, 2.05) is 0 Å². The van der Waals surface area contributed by atoms with Crippen LogP contribution in [0.15, 0.2) is 40.4 Å². The van der Waals surface area contributed by atoms with Crippen molar-refractivity contribution in [3.63, 3.8) is 0 Å². The normalized spacial score (nSPS) is 17.6. The van der Waals surface area contributed by atoms with Gasteiger partial charge >= 0.3 is 6.18 Å². The minimum Gasteiger partial charge on any atom is -0.486 e. The first-order valence-corrected chi connectivity index (χ1v) is 6.99. The lowest BCUT2D eigenvalue weighted by atomic mass is 10.2. The Balaban J connectivity index is 2.18. The van der Waals surface area contributed by atoms with Gasteiger partial charge in [-0.15, -0.1) is 0 Å². The van der Waals surface area contributed by atoms with E-state index in [1.54, 1.807) is 0 Å². The van der Waals surface area contributed by atoms with Crippen LogP contribution in [0.2, 0.25) is 0 Å². The first-order chi connectivity index (χ1) is 9.23. The molecule has 0 atom stereocenters. The van der Waals surface area contributed by atoms with Crippen molar-refractivity contribution in [2.24, 2.45) is 4.99 Å². The molecule has 0 fully saturated rings. The fraction of sp³-hybridized carbons (Fsp3) is 0.250. The van der Waals surface area contributed by atoms with Crippen LogP contribution >= 0.6 is 0 Å². The third-order valence-electron chi connectivity index (χ3n) is 2.67. The average Bonchev–Trinajstić information content (AvgIpc) is 2.61. The quantitative estimate of drug-likeness (QED) is 0.863. The lowest BCUT2D eigenvalue weighted by Crippen LogP contribution is -2.21. The Kier molecular flexibility index (Phi) is 3.59. The Morgan fingerprint density at radius 2 is 1.90 bits per heavy atom. The number of rotatable bonds is 3. The number of allylic oxidation sites excluding steroid dienone is 1. The molecule has 0 amide bonds. The van der Waals surface area contributed by atoms with Gasteiger partial charge in [0.05, 0.1) is 10.5 Å². The number of sulfone groups is 1. The molecule has 0 aromatic heterocycles. The van der Waals surface area contributed by atoms with Crippen LogP contribution in [0.5, 0.6) is 5.75 Å². The van der Waals surface area contributed by atoms with Crippen molar-refractivity contribution in [3.05, 3.63) is 40.9 Å². The summed E-state index contributed by atoms with van der Waals surface area (Å²) in [6.45, 7) is 0.818. The van der Waals surface area contributed by atoms with Crippen LogP contribution in [0.1, 0.15) is 12.5 Å². The van der Waals surface area contributed by atoms with Gasteiger partial charge in [0.15, 0.2) is 5.04 Å². The second kappa shape index (κ2) is 4.93. The largest absolute Gasteiger partial charge is 0.486 e. The number of ether oxygens (including phenoxy) is 1. The van der Waals surface area contributed by atoms with Crippen LogP contribution in [-0.4, -0.2) is 20.1 Å². The van der Waals surface area contributed by atoms with Crippen molar-refractivity contribution in [1.82, 2.24) is 0 Å². The van der Waals surface area contributed by atoms with Gasteiger partial charge in [-0.2, -0.15) is 13.2 Å². The lowest BCUT2D eigenvalue weighted by Gasteiger charge is -2.13. The van der Waals surface area contributed by atoms with Crippen LogP contribution in [0.25, 0.3) is 0 Å². The zero-order valence-corrected chi connectivity index (χ0v) is 11.1. The van der Waals surface area contributed by atoms with Gasteiger partial charge in [0, 0.05) is 6.20 Å². The molecular formula is C12H10F3NO3S. The average molecular weight is 305 g/mol. The summed E-state index contributed by atoms with van der Waals surface area (Å²) in [6.07, 6.45) is -3.43. The second-order valence-electron chi connectivity index (χ2n) is 4.05. The molecule has 4 nitrogen and oxygen atoms in total. The molecule has 0 saturated heterocycles. The van der Waals surface area contributed by atoms with Crippen molar-refractivity contribution in [3.8, 4) is 5.75 Å². The van der Waals surface area contributed by atoms with Gasteiger partial charge in [-0.25, -0.2) is 13.4 Å². The maximum atomic E-state index is 12.7. The molecular weight excluding hydrogens is 295 g/mol. The molecule has 0 bridgehead atoms. The summed E-state index contributed by atoms with van der Waals surface area (Å²) in [7, 11) is -3.68. The summed E-state index contributed by atoms with van der Waals surface area (Å²) in [5.41, 5.74) is -0.958. The van der Waals surface area contributed by atoms with E-state index >= 15 is 0 Å². The maximum absolute atomic E-state index is 12.7. The van der Waals surface area contributed by atoms with Crippen molar-refractivity contribution < 1.29 is 26.3 Å². The summed E-state index contributed by atoms with van der Waals surface area (Å²) < 4.78 is 66.5. The Labute approximate surface area is 113 Å². The lowest BCUT2D eigenvalue weighted by molar-refractivity contribution is -0.138. The van der Waals surface area contributed by atoms with E-state index in [1.165, 1.54) is 19.1 Å². The predicted octanol–water partition coefficient (Wildman–Crippen LogP) is 2.77. The van der Waals surface area contributed by atoms with Gasteiger partial charge in [-0.1, -0.05) is 12.1 Å². The molecule has 0 spiro atoms. The van der Waals surface area contributed by atoms with Crippen LogP contribution in [0.4, 0.5) is 13.2 Å². The Hall–Kier alpha value is -1.83. The number of benzene rings is 1. The molecule has 2 rings (SSSR count). The van der Waals surface area contributed by atoms with E-state index in [0.29, 0.717) is 0 Å². The summed E-state index contributed by atoms with van der Waals surface area (Å²) in [4.78, 5) is 3.68. The fourth-order valence-corrected chi connectivity index (χ4v) is 2.54. The summed E-state index contributed by atoms with van der Waals surface area (Å²) in [5.74, 6) is -0.428. The van der Waals surface area contributed by atoms with Crippen LogP contribution < -0.4 is 4.74 Å². The molecule has 0 aliphatic carbocycles. The van der Waals surface area contributed by atoms with Gasteiger partial charge in [-0.05, 0) is 19.1 Å². The third-order valence-corrected chi connectivity index (χ3v) is 4.46. The SMILES string of the molecule is CC1=CN=C(COc2ccccc2C(F)(F)F)S1(=O)=O. The number of hydrogen-bond donors (Lipinski definition) is 0. The van der Waals surface area contributed by atoms with Crippen LogP contribution in [0, 0.1) is 0 Å². The monoisotopic (exact) mass is 305 g/mol. The third kappa shape index (κ3) is 2.69. The number of hydrogen-bond acceptors (Lipinski definition) is 4. The molecule has 1 aliphatic heterocycles. The Bertz CT molecular complexity index is 690. The fourth-order valence-electron chi connectivity index (χ4n) is 1.57. The number of alkyl halides is 3. The minimum atomic E-state index is -4.57. The molecule has 0 radical (unpaired) electrons. The van der Waals surface area contributed by atoms with Crippen molar-refractivity contribution in [2.75, 3.05) is 6.61 Å². The molecule has 1 aliphatic rings. The molecule has 1 aromatic rings. The highest BCUT2D eigenvalue weighted by Gasteiger charge is 2.34. The van der Waals surface area contributed by atoms with Crippen molar-refractivity contribution in [2.45, 2.75) is 13.1 Å².